The second kappa shape index (κ2) is 9.31. The SMILES string of the molecule is CCOc1ccc(C(F)(F)F)cc1NCC(=O)Nc1ccc(C(=O)N(C)C)cc1. The first-order valence-electron chi connectivity index (χ1n) is 8.81. The van der Waals surface area contributed by atoms with Crippen LogP contribution in [0.15, 0.2) is 42.5 Å². The quantitative estimate of drug-likeness (QED) is 0.729. The van der Waals surface area contributed by atoms with Gasteiger partial charge in [0.05, 0.1) is 24.4 Å². The summed E-state index contributed by atoms with van der Waals surface area (Å²) in [5.74, 6) is -0.408. The van der Waals surface area contributed by atoms with E-state index in [2.05, 4.69) is 10.6 Å². The van der Waals surface area contributed by atoms with Crippen LogP contribution in [0.4, 0.5) is 24.5 Å². The lowest BCUT2D eigenvalue weighted by Crippen LogP contribution is -2.23. The maximum Gasteiger partial charge on any atom is 0.416 e. The molecule has 0 aliphatic heterocycles. The number of carbonyl (C=O) groups excluding carboxylic acids is 2. The number of rotatable bonds is 7. The Morgan fingerprint density at radius 2 is 1.72 bits per heavy atom. The van der Waals surface area contributed by atoms with E-state index in [0.717, 1.165) is 12.1 Å². The molecule has 0 aromatic heterocycles. The minimum Gasteiger partial charge on any atom is -0.492 e. The summed E-state index contributed by atoms with van der Waals surface area (Å²) in [5, 5.41) is 5.29. The van der Waals surface area contributed by atoms with Crippen molar-refractivity contribution in [2.24, 2.45) is 0 Å². The largest absolute Gasteiger partial charge is 0.492 e. The number of nitrogens with one attached hydrogen (secondary N) is 2. The molecule has 156 valence electrons. The molecule has 2 N–H and O–H groups in total. The maximum atomic E-state index is 12.9. The molecule has 0 saturated carbocycles. The van der Waals surface area contributed by atoms with Crippen molar-refractivity contribution in [2.45, 2.75) is 13.1 Å². The summed E-state index contributed by atoms with van der Waals surface area (Å²) < 4.78 is 44.1. The highest BCUT2D eigenvalue weighted by Crippen LogP contribution is 2.35. The molecule has 0 fully saturated rings. The summed E-state index contributed by atoms with van der Waals surface area (Å²) in [5.41, 5.74) is 0.159. The first-order valence-corrected chi connectivity index (χ1v) is 8.81. The van der Waals surface area contributed by atoms with Gasteiger partial charge >= 0.3 is 6.18 Å². The van der Waals surface area contributed by atoms with Gasteiger partial charge in [-0.05, 0) is 49.4 Å². The number of hydrogen-bond donors (Lipinski definition) is 2. The molecule has 2 aromatic rings. The number of ether oxygens (including phenoxy) is 1. The van der Waals surface area contributed by atoms with Gasteiger partial charge in [-0.1, -0.05) is 0 Å². The van der Waals surface area contributed by atoms with Crippen LogP contribution >= 0.6 is 0 Å². The Morgan fingerprint density at radius 3 is 2.28 bits per heavy atom. The van der Waals surface area contributed by atoms with Gasteiger partial charge in [0, 0.05) is 25.3 Å². The molecule has 0 unspecified atom stereocenters. The first kappa shape index (κ1) is 22.1. The molecule has 2 aromatic carbocycles. The third kappa shape index (κ3) is 6.13. The van der Waals surface area contributed by atoms with Gasteiger partial charge in [0.2, 0.25) is 5.91 Å². The average Bonchev–Trinajstić information content (AvgIpc) is 2.66. The lowest BCUT2D eigenvalue weighted by atomic mass is 10.1. The second-order valence-electron chi connectivity index (χ2n) is 6.32. The highest BCUT2D eigenvalue weighted by Gasteiger charge is 2.31. The van der Waals surface area contributed by atoms with E-state index in [1.165, 1.54) is 11.0 Å². The van der Waals surface area contributed by atoms with Crippen molar-refractivity contribution >= 4 is 23.2 Å². The lowest BCUT2D eigenvalue weighted by molar-refractivity contribution is -0.137. The van der Waals surface area contributed by atoms with Crippen LogP contribution in [0.2, 0.25) is 0 Å². The van der Waals surface area contributed by atoms with E-state index in [1.807, 2.05) is 0 Å². The van der Waals surface area contributed by atoms with Crippen LogP contribution in [0.3, 0.4) is 0 Å². The molecule has 0 saturated heterocycles. The predicted molar refractivity (Wildman–Crippen MR) is 104 cm³/mol. The number of halogens is 3. The molecule has 0 bridgehead atoms. The molecule has 6 nitrogen and oxygen atoms in total. The summed E-state index contributed by atoms with van der Waals surface area (Å²) in [7, 11) is 3.27. The van der Waals surface area contributed by atoms with Gasteiger partial charge in [0.15, 0.2) is 0 Å². The van der Waals surface area contributed by atoms with Crippen molar-refractivity contribution in [3.8, 4) is 5.75 Å². The summed E-state index contributed by atoms with van der Waals surface area (Å²) in [4.78, 5) is 25.4. The Balaban J connectivity index is 2.04. The van der Waals surface area contributed by atoms with Crippen molar-refractivity contribution < 1.29 is 27.5 Å². The fourth-order valence-electron chi connectivity index (χ4n) is 2.46. The Morgan fingerprint density at radius 1 is 1.07 bits per heavy atom. The van der Waals surface area contributed by atoms with Crippen molar-refractivity contribution in [2.75, 3.05) is 37.9 Å². The third-order valence-corrected chi connectivity index (χ3v) is 3.87. The van der Waals surface area contributed by atoms with E-state index in [4.69, 9.17) is 4.74 Å². The number of hydrogen-bond acceptors (Lipinski definition) is 4. The first-order chi connectivity index (χ1) is 13.6. The normalized spacial score (nSPS) is 11.0. The zero-order valence-corrected chi connectivity index (χ0v) is 16.3. The molecule has 0 aliphatic rings. The van der Waals surface area contributed by atoms with Gasteiger partial charge in [-0.2, -0.15) is 13.2 Å². The van der Waals surface area contributed by atoms with E-state index in [-0.39, 0.29) is 30.5 Å². The Bertz CT molecular complexity index is 866. The number of carbonyl (C=O) groups is 2. The minimum absolute atomic E-state index is 0.0729. The van der Waals surface area contributed by atoms with Crippen molar-refractivity contribution in [3.05, 3.63) is 53.6 Å². The summed E-state index contributed by atoms with van der Waals surface area (Å²) >= 11 is 0. The van der Waals surface area contributed by atoms with Crippen molar-refractivity contribution in [3.63, 3.8) is 0 Å². The van der Waals surface area contributed by atoms with E-state index in [9.17, 15) is 22.8 Å². The Labute approximate surface area is 166 Å². The monoisotopic (exact) mass is 409 g/mol. The maximum absolute atomic E-state index is 12.9. The van der Waals surface area contributed by atoms with Gasteiger partial charge in [0.1, 0.15) is 5.75 Å². The van der Waals surface area contributed by atoms with Gasteiger partial charge in [-0.3, -0.25) is 9.59 Å². The van der Waals surface area contributed by atoms with E-state index < -0.39 is 17.6 Å². The summed E-state index contributed by atoms with van der Waals surface area (Å²) in [6.45, 7) is 1.71. The standard InChI is InChI=1S/C20H22F3N3O3/c1-4-29-17-10-7-14(20(21,22)23)11-16(17)24-12-18(27)25-15-8-5-13(6-9-15)19(28)26(2)3/h5-11,24H,4,12H2,1-3H3,(H,25,27). The van der Waals surface area contributed by atoms with Crippen LogP contribution in [0, 0.1) is 0 Å². The molecule has 2 rings (SSSR count). The fourth-order valence-corrected chi connectivity index (χ4v) is 2.46. The summed E-state index contributed by atoms with van der Waals surface area (Å²) in [6, 6.07) is 9.34. The average molecular weight is 409 g/mol. The molecule has 0 aliphatic carbocycles. The number of amides is 2. The molecule has 0 spiro atoms. The smallest absolute Gasteiger partial charge is 0.416 e. The predicted octanol–water partition coefficient (Wildman–Crippen LogP) is 3.86. The lowest BCUT2D eigenvalue weighted by Gasteiger charge is -2.15. The van der Waals surface area contributed by atoms with Crippen molar-refractivity contribution in [1.29, 1.82) is 0 Å². The highest BCUT2D eigenvalue weighted by molar-refractivity contribution is 5.96. The van der Waals surface area contributed by atoms with Crippen LogP contribution in [0.5, 0.6) is 5.75 Å². The molecule has 0 heterocycles. The van der Waals surface area contributed by atoms with Gasteiger partial charge in [-0.25, -0.2) is 0 Å². The van der Waals surface area contributed by atoms with E-state index in [1.54, 1.807) is 45.3 Å². The van der Waals surface area contributed by atoms with Gasteiger partial charge < -0.3 is 20.3 Å². The second-order valence-corrected chi connectivity index (χ2v) is 6.32. The summed E-state index contributed by atoms with van der Waals surface area (Å²) in [6.07, 6.45) is -4.50. The van der Waals surface area contributed by atoms with Crippen LogP contribution in [0.1, 0.15) is 22.8 Å². The molecule has 0 atom stereocenters. The third-order valence-electron chi connectivity index (χ3n) is 3.87. The Kier molecular flexibility index (Phi) is 7.08. The zero-order valence-electron chi connectivity index (χ0n) is 16.3. The van der Waals surface area contributed by atoms with Crippen molar-refractivity contribution in [1.82, 2.24) is 4.90 Å². The molecular weight excluding hydrogens is 387 g/mol. The number of benzene rings is 2. The van der Waals surface area contributed by atoms with Gasteiger partial charge in [0.25, 0.3) is 5.91 Å². The highest BCUT2D eigenvalue weighted by atomic mass is 19.4. The van der Waals surface area contributed by atoms with Gasteiger partial charge in [-0.15, -0.1) is 0 Å². The molecule has 0 radical (unpaired) electrons. The fraction of sp³-hybridized carbons (Fsp3) is 0.300. The zero-order chi connectivity index (χ0) is 21.6. The van der Waals surface area contributed by atoms with E-state index in [0.29, 0.717) is 11.3 Å². The molecule has 9 heteroatoms. The van der Waals surface area contributed by atoms with Crippen LogP contribution < -0.4 is 15.4 Å². The van der Waals surface area contributed by atoms with Crippen LogP contribution in [-0.4, -0.2) is 44.0 Å². The number of nitrogens with zero attached hydrogens (tertiary/aromatic N) is 1. The number of anilines is 2. The molecule has 29 heavy (non-hydrogen) atoms. The molecular formula is C20H22F3N3O3. The van der Waals surface area contributed by atoms with Crippen LogP contribution in [0.25, 0.3) is 0 Å². The molecule has 2 amide bonds. The van der Waals surface area contributed by atoms with Crippen LogP contribution in [-0.2, 0) is 11.0 Å². The topological polar surface area (TPSA) is 70.7 Å². The van der Waals surface area contributed by atoms with E-state index >= 15 is 0 Å². The number of alkyl halides is 3. The Hall–Kier alpha value is -3.23. The minimum atomic E-state index is -4.50.